The van der Waals surface area contributed by atoms with Gasteiger partial charge in [-0.3, -0.25) is 4.79 Å². The fourth-order valence-electron chi connectivity index (χ4n) is 2.36. The molecule has 0 aliphatic carbocycles. The molecule has 0 spiro atoms. The van der Waals surface area contributed by atoms with Crippen molar-refractivity contribution < 1.29 is 4.79 Å². The van der Waals surface area contributed by atoms with Crippen LogP contribution in [0.1, 0.15) is 24.2 Å². The van der Waals surface area contributed by atoms with Gasteiger partial charge in [-0.15, -0.1) is 0 Å². The first-order valence-corrected chi connectivity index (χ1v) is 6.95. The minimum Gasteiger partial charge on any atom is -0.365 e. The van der Waals surface area contributed by atoms with Crippen LogP contribution in [0.4, 0.5) is 5.82 Å². The van der Waals surface area contributed by atoms with Gasteiger partial charge in [0.2, 0.25) is 0 Å². The van der Waals surface area contributed by atoms with Crippen LogP contribution in [0.2, 0.25) is 0 Å². The largest absolute Gasteiger partial charge is 0.365 e. The van der Waals surface area contributed by atoms with E-state index in [0.29, 0.717) is 24.5 Å². The lowest BCUT2D eigenvalue weighted by atomic mass is 9.93. The number of carbonyl (C=O) groups excluding carboxylic acids is 1. The van der Waals surface area contributed by atoms with E-state index in [9.17, 15) is 4.79 Å². The van der Waals surface area contributed by atoms with Gasteiger partial charge in [0.05, 0.1) is 11.1 Å². The molecular weight excluding hydrogens is 264 g/mol. The fraction of sp³-hybridized carbons (Fsp3) is 0.375. The second kappa shape index (κ2) is 5.69. The third-order valence-corrected chi connectivity index (χ3v) is 3.55. The van der Waals surface area contributed by atoms with Gasteiger partial charge in [0.25, 0.3) is 5.91 Å². The minimum absolute atomic E-state index is 0.0724. The first-order valence-electron chi connectivity index (χ1n) is 6.95. The number of aromatic nitrogens is 1. The molecule has 2 rings (SSSR count). The Balaban J connectivity index is 2.50. The van der Waals surface area contributed by atoms with Crippen LogP contribution in [0.3, 0.4) is 0 Å². The highest BCUT2D eigenvalue weighted by molar-refractivity contribution is 6.01. The molecule has 2 aromatic rings. The smallest absolute Gasteiger partial charge is 0.252 e. The molecule has 1 aromatic heterocycles. The number of para-hydroxylation sites is 1. The summed E-state index contributed by atoms with van der Waals surface area (Å²) in [6.45, 7) is 5.40. The summed E-state index contributed by atoms with van der Waals surface area (Å²) in [6, 6.07) is 9.47. The molecule has 112 valence electrons. The molecule has 0 saturated carbocycles. The molecule has 0 aliphatic rings. The second-order valence-electron chi connectivity index (χ2n) is 6.14. The Hall–Kier alpha value is -2.14. The predicted molar refractivity (Wildman–Crippen MR) is 86.4 cm³/mol. The maximum atomic E-state index is 11.7. The van der Waals surface area contributed by atoms with E-state index in [0.717, 1.165) is 10.9 Å². The van der Waals surface area contributed by atoms with Crippen molar-refractivity contribution in [3.8, 4) is 0 Å². The van der Waals surface area contributed by atoms with E-state index < -0.39 is 5.91 Å². The average Bonchev–Trinajstić information content (AvgIpc) is 2.45. The Kier molecular flexibility index (Phi) is 4.14. The highest BCUT2D eigenvalue weighted by Crippen LogP contribution is 2.25. The Bertz CT molecular complexity index is 666. The number of pyridine rings is 1. The summed E-state index contributed by atoms with van der Waals surface area (Å²) < 4.78 is 0. The summed E-state index contributed by atoms with van der Waals surface area (Å²) in [5.41, 5.74) is 12.5. The number of benzene rings is 1. The van der Waals surface area contributed by atoms with Crippen molar-refractivity contribution in [3.63, 3.8) is 0 Å². The summed E-state index contributed by atoms with van der Waals surface area (Å²) in [5, 5.41) is 0.904. The van der Waals surface area contributed by atoms with Crippen molar-refractivity contribution in [2.75, 3.05) is 25.0 Å². The summed E-state index contributed by atoms with van der Waals surface area (Å²) in [6.07, 6.45) is 0. The lowest BCUT2D eigenvalue weighted by Crippen LogP contribution is -2.38. The van der Waals surface area contributed by atoms with Gasteiger partial charge in [0.1, 0.15) is 5.82 Å². The highest BCUT2D eigenvalue weighted by Gasteiger charge is 2.22. The van der Waals surface area contributed by atoms with Crippen molar-refractivity contribution in [3.05, 3.63) is 35.9 Å². The molecule has 0 atom stereocenters. The second-order valence-corrected chi connectivity index (χ2v) is 6.14. The number of primary amides is 1. The van der Waals surface area contributed by atoms with Crippen LogP contribution in [0.5, 0.6) is 0 Å². The van der Waals surface area contributed by atoms with Gasteiger partial charge in [-0.05, 0) is 24.1 Å². The van der Waals surface area contributed by atoms with Crippen molar-refractivity contribution in [2.45, 2.75) is 13.8 Å². The van der Waals surface area contributed by atoms with Crippen molar-refractivity contribution >= 4 is 22.6 Å². The SMILES string of the molecule is CN(CC(C)(C)CN)c1nc2ccccc2cc1C(N)=O. The Morgan fingerprint density at radius 1 is 1.33 bits per heavy atom. The number of anilines is 1. The molecule has 0 bridgehead atoms. The van der Waals surface area contributed by atoms with Crippen molar-refractivity contribution in [2.24, 2.45) is 16.9 Å². The zero-order chi connectivity index (χ0) is 15.6. The molecule has 5 heteroatoms. The lowest BCUT2D eigenvalue weighted by Gasteiger charge is -2.30. The van der Waals surface area contributed by atoms with E-state index in [-0.39, 0.29) is 5.41 Å². The van der Waals surface area contributed by atoms with Gasteiger partial charge >= 0.3 is 0 Å². The summed E-state index contributed by atoms with van der Waals surface area (Å²) in [4.78, 5) is 18.3. The van der Waals surface area contributed by atoms with E-state index >= 15 is 0 Å². The molecule has 1 amide bonds. The van der Waals surface area contributed by atoms with Crippen molar-refractivity contribution in [1.82, 2.24) is 4.98 Å². The van der Waals surface area contributed by atoms with Crippen LogP contribution < -0.4 is 16.4 Å². The molecular formula is C16H22N4O. The quantitative estimate of drug-likeness (QED) is 0.877. The van der Waals surface area contributed by atoms with Crippen LogP contribution in [0, 0.1) is 5.41 Å². The zero-order valence-corrected chi connectivity index (χ0v) is 12.8. The maximum Gasteiger partial charge on any atom is 0.252 e. The number of hydrogen-bond acceptors (Lipinski definition) is 4. The van der Waals surface area contributed by atoms with Crippen LogP contribution >= 0.6 is 0 Å². The summed E-state index contributed by atoms with van der Waals surface area (Å²) >= 11 is 0. The van der Waals surface area contributed by atoms with E-state index in [4.69, 9.17) is 11.5 Å². The zero-order valence-electron chi connectivity index (χ0n) is 12.8. The van der Waals surface area contributed by atoms with Crippen LogP contribution in [0.25, 0.3) is 10.9 Å². The molecule has 4 N–H and O–H groups in total. The van der Waals surface area contributed by atoms with Gasteiger partial charge in [-0.1, -0.05) is 32.0 Å². The Labute approximate surface area is 124 Å². The Morgan fingerprint density at radius 2 is 2.00 bits per heavy atom. The topological polar surface area (TPSA) is 85.2 Å². The molecule has 5 nitrogen and oxygen atoms in total. The van der Waals surface area contributed by atoms with Gasteiger partial charge in [-0.25, -0.2) is 4.98 Å². The van der Waals surface area contributed by atoms with Gasteiger partial charge in [-0.2, -0.15) is 0 Å². The lowest BCUT2D eigenvalue weighted by molar-refractivity contribution is 0.100. The van der Waals surface area contributed by atoms with E-state index in [1.54, 1.807) is 6.07 Å². The maximum absolute atomic E-state index is 11.7. The number of hydrogen-bond donors (Lipinski definition) is 2. The molecule has 0 radical (unpaired) electrons. The number of rotatable bonds is 5. The standard InChI is InChI=1S/C16H22N4O/c1-16(2,9-17)10-20(3)15-12(14(18)21)8-11-6-4-5-7-13(11)19-15/h4-8H,9-10,17H2,1-3H3,(H2,18,21). The minimum atomic E-state index is -0.472. The van der Waals surface area contributed by atoms with Crippen molar-refractivity contribution in [1.29, 1.82) is 0 Å². The summed E-state index contributed by atoms with van der Waals surface area (Å²) in [7, 11) is 1.90. The molecule has 0 unspecified atom stereocenters. The van der Waals surface area contributed by atoms with Gasteiger partial charge in [0, 0.05) is 19.0 Å². The average molecular weight is 286 g/mol. The fourth-order valence-corrected chi connectivity index (χ4v) is 2.36. The first kappa shape index (κ1) is 15.3. The molecule has 21 heavy (non-hydrogen) atoms. The molecule has 0 fully saturated rings. The Morgan fingerprint density at radius 3 is 2.62 bits per heavy atom. The number of amides is 1. The van der Waals surface area contributed by atoms with E-state index in [1.165, 1.54) is 0 Å². The predicted octanol–water partition coefficient (Wildman–Crippen LogP) is 1.75. The van der Waals surface area contributed by atoms with Crippen LogP contribution in [-0.4, -0.2) is 31.0 Å². The molecule has 0 aliphatic heterocycles. The normalized spacial score (nSPS) is 11.6. The van der Waals surface area contributed by atoms with E-state index in [2.05, 4.69) is 18.8 Å². The molecule has 1 heterocycles. The monoisotopic (exact) mass is 286 g/mol. The number of nitrogens with two attached hydrogens (primary N) is 2. The third kappa shape index (κ3) is 3.31. The first-order chi connectivity index (χ1) is 9.84. The van der Waals surface area contributed by atoms with Gasteiger partial charge in [0.15, 0.2) is 0 Å². The third-order valence-electron chi connectivity index (χ3n) is 3.55. The molecule has 1 aromatic carbocycles. The van der Waals surface area contributed by atoms with Gasteiger partial charge < -0.3 is 16.4 Å². The number of fused-ring (bicyclic) bond motifs is 1. The number of carbonyl (C=O) groups is 1. The number of nitrogens with zero attached hydrogens (tertiary/aromatic N) is 2. The highest BCUT2D eigenvalue weighted by atomic mass is 16.1. The van der Waals surface area contributed by atoms with Crippen LogP contribution in [0.15, 0.2) is 30.3 Å². The van der Waals surface area contributed by atoms with E-state index in [1.807, 2.05) is 36.2 Å². The van der Waals surface area contributed by atoms with Crippen LogP contribution in [-0.2, 0) is 0 Å². The molecule has 0 saturated heterocycles. The summed E-state index contributed by atoms with van der Waals surface area (Å²) in [5.74, 6) is 0.128.